The van der Waals surface area contributed by atoms with Crippen molar-refractivity contribution in [2.45, 2.75) is 31.5 Å². The normalized spacial score (nSPS) is 23.9. The first-order valence-electron chi connectivity index (χ1n) is 7.00. The first kappa shape index (κ1) is 11.4. The molecule has 2 N–H and O–H groups in total. The van der Waals surface area contributed by atoms with E-state index in [0.717, 1.165) is 31.5 Å². The third-order valence-corrected chi connectivity index (χ3v) is 4.64. The van der Waals surface area contributed by atoms with Crippen LogP contribution in [0.4, 0.5) is 0 Å². The highest BCUT2D eigenvalue weighted by Crippen LogP contribution is 2.44. The molecule has 100 valence electrons. The number of nitrogens with one attached hydrogen (secondary N) is 1. The third kappa shape index (κ3) is 1.78. The van der Waals surface area contributed by atoms with Crippen LogP contribution in [0.3, 0.4) is 0 Å². The quantitative estimate of drug-likeness (QED) is 0.828. The number of nitrogens with zero attached hydrogens (tertiary/aromatic N) is 1. The van der Waals surface area contributed by atoms with Crippen molar-refractivity contribution in [1.29, 1.82) is 0 Å². The van der Waals surface area contributed by atoms with E-state index in [-0.39, 0.29) is 5.91 Å². The molecule has 1 aromatic carbocycles. The first-order valence-corrected chi connectivity index (χ1v) is 7.00. The molecule has 1 amide bonds. The van der Waals surface area contributed by atoms with Crippen LogP contribution in [-0.2, 0) is 13.1 Å². The average molecular weight is 258 g/mol. The highest BCUT2D eigenvalue weighted by Gasteiger charge is 2.53. The van der Waals surface area contributed by atoms with Crippen LogP contribution in [0, 0.1) is 5.92 Å². The molecule has 0 aromatic heterocycles. The zero-order chi connectivity index (χ0) is 13.0. The Balaban J connectivity index is 1.49. The fourth-order valence-electron chi connectivity index (χ4n) is 3.25. The van der Waals surface area contributed by atoms with Gasteiger partial charge in [0.05, 0.1) is 13.1 Å². The van der Waals surface area contributed by atoms with Gasteiger partial charge in [0.25, 0.3) is 5.91 Å². The average Bonchev–Trinajstić information content (AvgIpc) is 3.12. The molecule has 3 aliphatic rings. The zero-order valence-corrected chi connectivity index (χ0v) is 10.9. The Bertz CT molecular complexity index is 545. The summed E-state index contributed by atoms with van der Waals surface area (Å²) in [5.74, 6) is 0.487. The van der Waals surface area contributed by atoms with Crippen molar-refractivity contribution in [2.24, 2.45) is 5.92 Å². The predicted molar refractivity (Wildman–Crippen MR) is 70.6 cm³/mol. The number of β-amino-alcohol motifs (C(OH)–C–C–N with tert-alkyl or cyclic N) is 1. The molecule has 2 fully saturated rings. The maximum atomic E-state index is 12.4. The van der Waals surface area contributed by atoms with Gasteiger partial charge in [-0.05, 0) is 42.0 Å². The summed E-state index contributed by atoms with van der Waals surface area (Å²) in [4.78, 5) is 14.1. The number of hydrogen-bond donors (Lipinski definition) is 2. The number of amides is 1. The van der Waals surface area contributed by atoms with Crippen molar-refractivity contribution in [3.8, 4) is 0 Å². The monoisotopic (exact) mass is 258 g/mol. The lowest BCUT2D eigenvalue weighted by molar-refractivity contribution is -0.0958. The molecular weight excluding hydrogens is 240 g/mol. The lowest BCUT2D eigenvalue weighted by Crippen LogP contribution is -2.64. The van der Waals surface area contributed by atoms with Crippen LogP contribution in [0.25, 0.3) is 0 Å². The molecule has 1 saturated carbocycles. The van der Waals surface area contributed by atoms with E-state index in [9.17, 15) is 9.90 Å². The zero-order valence-electron chi connectivity index (χ0n) is 10.9. The van der Waals surface area contributed by atoms with Gasteiger partial charge in [-0.25, -0.2) is 0 Å². The molecule has 0 spiro atoms. The molecule has 2 heterocycles. The van der Waals surface area contributed by atoms with Gasteiger partial charge in [0.1, 0.15) is 5.60 Å². The summed E-state index contributed by atoms with van der Waals surface area (Å²) in [5, 5.41) is 13.5. The number of carbonyl (C=O) groups excluding carboxylic acids is 1. The Kier molecular flexibility index (Phi) is 2.29. The second kappa shape index (κ2) is 3.81. The SMILES string of the molecule is O=C(c1ccc2c(c1)CNC2)N1CC(O)(C2CC2)C1. The molecule has 1 saturated heterocycles. The maximum absolute atomic E-state index is 12.4. The van der Waals surface area contributed by atoms with Crippen LogP contribution in [0.2, 0.25) is 0 Å². The smallest absolute Gasteiger partial charge is 0.254 e. The first-order chi connectivity index (χ1) is 9.16. The fraction of sp³-hybridized carbons (Fsp3) is 0.533. The summed E-state index contributed by atoms with van der Waals surface area (Å²) in [7, 11) is 0. The number of fused-ring (bicyclic) bond motifs is 1. The van der Waals surface area contributed by atoms with Gasteiger partial charge < -0.3 is 15.3 Å². The molecule has 1 aromatic rings. The van der Waals surface area contributed by atoms with E-state index >= 15 is 0 Å². The molecule has 0 radical (unpaired) electrons. The Morgan fingerprint density at radius 3 is 2.74 bits per heavy atom. The van der Waals surface area contributed by atoms with Gasteiger partial charge in [-0.2, -0.15) is 0 Å². The van der Waals surface area contributed by atoms with Gasteiger partial charge in [0.2, 0.25) is 0 Å². The van der Waals surface area contributed by atoms with Crippen LogP contribution in [0.5, 0.6) is 0 Å². The Morgan fingerprint density at radius 2 is 2.00 bits per heavy atom. The van der Waals surface area contributed by atoms with Crippen molar-refractivity contribution < 1.29 is 9.90 Å². The largest absolute Gasteiger partial charge is 0.386 e. The molecule has 19 heavy (non-hydrogen) atoms. The number of benzene rings is 1. The highest BCUT2D eigenvalue weighted by molar-refractivity contribution is 5.95. The summed E-state index contributed by atoms with van der Waals surface area (Å²) in [6.45, 7) is 2.76. The van der Waals surface area contributed by atoms with Crippen molar-refractivity contribution >= 4 is 5.91 Å². The van der Waals surface area contributed by atoms with Gasteiger partial charge in [0, 0.05) is 18.7 Å². The predicted octanol–water partition coefficient (Wildman–Crippen LogP) is 0.887. The molecule has 0 bridgehead atoms. The van der Waals surface area contributed by atoms with Crippen molar-refractivity contribution in [3.05, 3.63) is 34.9 Å². The van der Waals surface area contributed by atoms with E-state index < -0.39 is 5.60 Å². The van der Waals surface area contributed by atoms with E-state index in [1.807, 2.05) is 18.2 Å². The van der Waals surface area contributed by atoms with E-state index in [1.165, 1.54) is 11.1 Å². The van der Waals surface area contributed by atoms with Crippen molar-refractivity contribution in [2.75, 3.05) is 13.1 Å². The minimum atomic E-state index is -0.589. The minimum absolute atomic E-state index is 0.0556. The fourth-order valence-corrected chi connectivity index (χ4v) is 3.25. The van der Waals surface area contributed by atoms with Gasteiger partial charge in [0.15, 0.2) is 0 Å². The number of likely N-dealkylation sites (tertiary alicyclic amines) is 1. The summed E-state index contributed by atoms with van der Waals surface area (Å²) in [6, 6.07) is 5.93. The van der Waals surface area contributed by atoms with Crippen LogP contribution in [0.1, 0.15) is 34.3 Å². The van der Waals surface area contributed by atoms with E-state index in [1.54, 1.807) is 4.90 Å². The maximum Gasteiger partial charge on any atom is 0.254 e. The summed E-state index contributed by atoms with van der Waals surface area (Å²) in [5.41, 5.74) is 2.67. The van der Waals surface area contributed by atoms with Crippen LogP contribution in [-0.4, -0.2) is 34.6 Å². The number of aliphatic hydroxyl groups is 1. The summed E-state index contributed by atoms with van der Waals surface area (Å²) in [6.07, 6.45) is 2.23. The minimum Gasteiger partial charge on any atom is -0.386 e. The Labute approximate surface area is 112 Å². The second-order valence-electron chi connectivity index (χ2n) is 6.13. The van der Waals surface area contributed by atoms with Gasteiger partial charge in [-0.15, -0.1) is 0 Å². The number of carbonyl (C=O) groups is 1. The highest BCUT2D eigenvalue weighted by atomic mass is 16.3. The summed E-state index contributed by atoms with van der Waals surface area (Å²) < 4.78 is 0. The standard InChI is InChI=1S/C15H18N2O2/c18-14(17-8-15(19,9-17)13-3-4-13)10-1-2-11-6-16-7-12(11)5-10/h1-2,5,13,16,19H,3-4,6-9H2. The number of rotatable bonds is 2. The molecule has 2 aliphatic heterocycles. The molecular formula is C15H18N2O2. The molecule has 4 heteroatoms. The molecule has 0 atom stereocenters. The van der Waals surface area contributed by atoms with Crippen LogP contribution < -0.4 is 5.32 Å². The molecule has 4 nitrogen and oxygen atoms in total. The number of hydrogen-bond acceptors (Lipinski definition) is 3. The molecule has 4 rings (SSSR count). The Hall–Kier alpha value is -1.39. The molecule has 0 unspecified atom stereocenters. The summed E-state index contributed by atoms with van der Waals surface area (Å²) >= 11 is 0. The molecule has 1 aliphatic carbocycles. The topological polar surface area (TPSA) is 52.6 Å². The van der Waals surface area contributed by atoms with Crippen LogP contribution in [0.15, 0.2) is 18.2 Å². The van der Waals surface area contributed by atoms with E-state index in [0.29, 0.717) is 19.0 Å². The third-order valence-electron chi connectivity index (χ3n) is 4.64. The lowest BCUT2D eigenvalue weighted by Gasteiger charge is -2.47. The van der Waals surface area contributed by atoms with Gasteiger partial charge in [-0.3, -0.25) is 4.79 Å². The van der Waals surface area contributed by atoms with E-state index in [2.05, 4.69) is 5.32 Å². The van der Waals surface area contributed by atoms with Crippen molar-refractivity contribution in [1.82, 2.24) is 10.2 Å². The lowest BCUT2D eigenvalue weighted by atomic mass is 9.88. The Morgan fingerprint density at radius 1 is 1.26 bits per heavy atom. The second-order valence-corrected chi connectivity index (χ2v) is 6.13. The van der Waals surface area contributed by atoms with E-state index in [4.69, 9.17) is 0 Å². The van der Waals surface area contributed by atoms with Crippen molar-refractivity contribution in [3.63, 3.8) is 0 Å². The van der Waals surface area contributed by atoms with Gasteiger partial charge in [-0.1, -0.05) is 6.07 Å². The van der Waals surface area contributed by atoms with Crippen LogP contribution >= 0.6 is 0 Å². The van der Waals surface area contributed by atoms with Gasteiger partial charge >= 0.3 is 0 Å².